The number of hydrogen-bond acceptors (Lipinski definition) is 3. The minimum Gasteiger partial charge on any atom is -0.813 e. The van der Waals surface area contributed by atoms with E-state index < -0.39 is 8.25 Å². The third kappa shape index (κ3) is 51.5. The fraction of sp³-hybridized carbons (Fsp3) is 0. The maximum atomic E-state index is 8.52. The molecule has 35 valence electrons. The minimum atomic E-state index is -3.63. The summed E-state index contributed by atoms with van der Waals surface area (Å²) in [5, 5.41) is 0. The molecule has 0 aliphatic carbocycles. The zero-order valence-corrected chi connectivity index (χ0v) is 4.51. The van der Waals surface area contributed by atoms with Gasteiger partial charge in [-0.05, 0) is 0 Å². The van der Waals surface area contributed by atoms with Gasteiger partial charge < -0.3 is 14.4 Å². The fourth-order valence-electron chi connectivity index (χ4n) is 0. The summed E-state index contributed by atoms with van der Waals surface area (Å²) in [5.74, 6) is 0. The van der Waals surface area contributed by atoms with Gasteiger partial charge in [0.25, 0.3) is 0 Å². The fourth-order valence-corrected chi connectivity index (χ4v) is 0. The van der Waals surface area contributed by atoms with E-state index in [9.17, 15) is 0 Å². The van der Waals surface area contributed by atoms with Gasteiger partial charge in [0, 0.05) is 0 Å². The van der Waals surface area contributed by atoms with Crippen LogP contribution in [0.4, 0.5) is 0 Å². The maximum absolute atomic E-state index is 8.52. The summed E-state index contributed by atoms with van der Waals surface area (Å²) in [5.41, 5.74) is 0. The van der Waals surface area contributed by atoms with Gasteiger partial charge in [0.1, 0.15) is 0 Å². The molecule has 0 aliphatic rings. The molecule has 0 atom stereocenters. The van der Waals surface area contributed by atoms with Crippen LogP contribution < -0.4 is 9.79 Å². The van der Waals surface area contributed by atoms with Crippen molar-refractivity contribution in [3.8, 4) is 0 Å². The van der Waals surface area contributed by atoms with E-state index in [1.165, 1.54) is 0 Å². The molecule has 0 saturated heterocycles. The molecule has 0 saturated carbocycles. The summed E-state index contributed by atoms with van der Waals surface area (Å²) in [4.78, 5) is 17.0. The molecule has 0 spiro atoms. The molecule has 0 bridgehead atoms. The molecule has 1 radical (unpaired) electrons. The van der Waals surface area contributed by atoms with E-state index >= 15 is 0 Å². The van der Waals surface area contributed by atoms with E-state index in [1.54, 1.807) is 0 Å². The Morgan fingerprint density at radius 3 is 1.40 bits per heavy atom. The van der Waals surface area contributed by atoms with E-state index in [-0.39, 0.29) is 22.4 Å². The van der Waals surface area contributed by atoms with E-state index in [1.807, 2.05) is 0 Å². The van der Waals surface area contributed by atoms with E-state index in [2.05, 4.69) is 0 Å². The zero-order valence-electron chi connectivity index (χ0n) is 2.03. The normalized spacial score (nSPS) is 7.00. The van der Waals surface area contributed by atoms with Crippen molar-refractivity contribution in [3.63, 3.8) is 0 Å². The Kier molecular flexibility index (Phi) is 9.10. The van der Waals surface area contributed by atoms with Gasteiger partial charge in [0.15, 0.2) is 0 Å². The van der Waals surface area contributed by atoms with Crippen LogP contribution in [0.25, 0.3) is 0 Å². The zero-order chi connectivity index (χ0) is 3.58. The first kappa shape index (κ1) is 9.31. The topological polar surface area (TPSA) is 63.2 Å². The molecule has 0 fully saturated rings. The van der Waals surface area contributed by atoms with Gasteiger partial charge in [-0.3, -0.25) is 0 Å². The van der Waals surface area contributed by atoms with Crippen LogP contribution in [-0.2, 0) is 26.9 Å². The summed E-state index contributed by atoms with van der Waals surface area (Å²) >= 11 is 0. The Labute approximate surface area is 45.5 Å². The van der Waals surface area contributed by atoms with Crippen molar-refractivity contribution in [1.82, 2.24) is 0 Å². The van der Waals surface area contributed by atoms with Crippen LogP contribution in [-0.4, -0.2) is 0 Å². The van der Waals surface area contributed by atoms with Crippen molar-refractivity contribution in [2.24, 2.45) is 0 Å². The Balaban J connectivity index is 0. The quantitative estimate of drug-likeness (QED) is 0.329. The Hall–Kier alpha value is 0.890. The van der Waals surface area contributed by atoms with Crippen molar-refractivity contribution < 1.29 is 36.7 Å². The predicted octanol–water partition coefficient (Wildman–Crippen LogP) is -1.91. The molecule has 3 nitrogen and oxygen atoms in total. The molecule has 0 heterocycles. The van der Waals surface area contributed by atoms with Gasteiger partial charge in [-0.15, -0.1) is 0 Å². The minimum absolute atomic E-state index is 0. The molecule has 0 aromatic carbocycles. The molecular formula is HAgO3P. The molecule has 5 heavy (non-hydrogen) atoms. The van der Waals surface area contributed by atoms with Crippen molar-refractivity contribution in [1.29, 1.82) is 0 Å². The molecule has 5 heteroatoms. The van der Waals surface area contributed by atoms with Crippen LogP contribution >= 0.6 is 8.25 Å². The molecule has 0 unspecified atom stereocenters. The van der Waals surface area contributed by atoms with E-state index in [4.69, 9.17) is 14.4 Å². The average Bonchev–Trinajstić information content (AvgIpc) is 0.811. The monoisotopic (exact) mass is 187 g/mol. The van der Waals surface area contributed by atoms with Crippen LogP contribution in [0.2, 0.25) is 0 Å². The van der Waals surface area contributed by atoms with Crippen LogP contribution in [0.5, 0.6) is 0 Å². The number of hydrogen-bond donors (Lipinski definition) is 0. The van der Waals surface area contributed by atoms with Crippen molar-refractivity contribution in [2.45, 2.75) is 0 Å². The van der Waals surface area contributed by atoms with Gasteiger partial charge in [0.2, 0.25) is 0 Å². The second-order valence-corrected chi connectivity index (χ2v) is 0.750. The van der Waals surface area contributed by atoms with Gasteiger partial charge in [-0.25, -0.2) is 0 Å². The van der Waals surface area contributed by atoms with Crippen molar-refractivity contribution in [3.05, 3.63) is 0 Å². The van der Waals surface area contributed by atoms with Gasteiger partial charge in [0.05, 0.1) is 0 Å². The molecule has 0 aromatic heterocycles. The summed E-state index contributed by atoms with van der Waals surface area (Å²) < 4.78 is 8.52. The first-order valence-corrected chi connectivity index (χ1v) is 1.84. The first-order valence-electron chi connectivity index (χ1n) is 0.612. The summed E-state index contributed by atoms with van der Waals surface area (Å²) in [6.07, 6.45) is 0. The predicted molar refractivity (Wildman–Crippen MR) is 9.00 cm³/mol. The molecule has 0 amide bonds. The summed E-state index contributed by atoms with van der Waals surface area (Å²) in [7, 11) is -3.63. The molecular weight excluding hydrogens is 187 g/mol. The van der Waals surface area contributed by atoms with Crippen LogP contribution in [0.3, 0.4) is 0 Å². The Morgan fingerprint density at radius 1 is 1.40 bits per heavy atom. The van der Waals surface area contributed by atoms with Gasteiger partial charge in [-0.1, -0.05) is 8.25 Å². The second kappa shape index (κ2) is 4.89. The van der Waals surface area contributed by atoms with Crippen molar-refractivity contribution in [2.75, 3.05) is 0 Å². The molecule has 0 aromatic rings. The Morgan fingerprint density at radius 2 is 1.40 bits per heavy atom. The molecule has 0 N–H and O–H groups in total. The second-order valence-electron chi connectivity index (χ2n) is 0.250. The number of rotatable bonds is 0. The third-order valence-corrected chi connectivity index (χ3v) is 0. The maximum Gasteiger partial charge on any atom is 2.00 e. The van der Waals surface area contributed by atoms with E-state index in [0.29, 0.717) is 0 Å². The summed E-state index contributed by atoms with van der Waals surface area (Å²) in [6.45, 7) is 0. The van der Waals surface area contributed by atoms with Gasteiger partial charge in [-0.2, -0.15) is 0 Å². The Bertz CT molecular complexity index is 29.9. The summed E-state index contributed by atoms with van der Waals surface area (Å²) in [6, 6.07) is 0. The molecule has 0 aliphatic heterocycles. The van der Waals surface area contributed by atoms with Gasteiger partial charge >= 0.3 is 22.4 Å². The smallest absolute Gasteiger partial charge is 0.813 e. The first-order chi connectivity index (χ1) is 1.73. The average molecular weight is 188 g/mol. The third-order valence-electron chi connectivity index (χ3n) is 0. The SMILES string of the molecule is O=[PH]([O-])[O-].[Ag+2]. The van der Waals surface area contributed by atoms with Crippen LogP contribution in [0, 0.1) is 0 Å². The van der Waals surface area contributed by atoms with Crippen LogP contribution in [0.1, 0.15) is 0 Å². The van der Waals surface area contributed by atoms with Crippen molar-refractivity contribution >= 4 is 8.25 Å². The standard InChI is InChI=1S/Ag.H3O3P/c;1-4(2)3/h;4H,(H2,1,2,3)/q+2;/p-2. The largest absolute Gasteiger partial charge is 2.00 e. The van der Waals surface area contributed by atoms with Crippen LogP contribution in [0.15, 0.2) is 0 Å². The van der Waals surface area contributed by atoms with E-state index in [0.717, 1.165) is 0 Å². The molecule has 0 rings (SSSR count).